The summed E-state index contributed by atoms with van der Waals surface area (Å²) >= 11 is -1.74. The molecule has 0 aromatic heterocycles. The molecule has 0 saturated carbocycles. The summed E-state index contributed by atoms with van der Waals surface area (Å²) in [6.45, 7) is 9.35. The average Bonchev–Trinajstić information content (AvgIpc) is 2.40. The van der Waals surface area contributed by atoms with Crippen molar-refractivity contribution in [2.24, 2.45) is 0 Å². The molecule has 2 atom stereocenters. The van der Waals surface area contributed by atoms with Gasteiger partial charge in [-0.15, -0.1) is 0 Å². The standard InChI is InChI=1S/C10H19NO4S/c1-6-10(5)7-11(16(13)15-10)8(12)14-9(2,3)4/h6-7H2,1-5H3. The third kappa shape index (κ3) is 3.18. The molecule has 1 heterocycles. The summed E-state index contributed by atoms with van der Waals surface area (Å²) in [5, 5.41) is 0. The minimum absolute atomic E-state index is 0.297. The van der Waals surface area contributed by atoms with E-state index in [1.165, 1.54) is 0 Å². The van der Waals surface area contributed by atoms with E-state index in [2.05, 4.69) is 0 Å². The molecule has 0 aromatic rings. The molecule has 1 rings (SSSR count). The van der Waals surface area contributed by atoms with Crippen LogP contribution in [0.2, 0.25) is 0 Å². The molecule has 0 spiro atoms. The van der Waals surface area contributed by atoms with Crippen molar-refractivity contribution in [1.82, 2.24) is 4.31 Å². The van der Waals surface area contributed by atoms with Crippen LogP contribution in [0.25, 0.3) is 0 Å². The van der Waals surface area contributed by atoms with Gasteiger partial charge in [0.25, 0.3) is 11.3 Å². The number of nitrogens with zero attached hydrogens (tertiary/aromatic N) is 1. The van der Waals surface area contributed by atoms with Crippen molar-refractivity contribution in [3.63, 3.8) is 0 Å². The van der Waals surface area contributed by atoms with E-state index in [4.69, 9.17) is 8.92 Å². The first kappa shape index (κ1) is 13.4. The highest BCUT2D eigenvalue weighted by Crippen LogP contribution is 2.28. The molecule has 0 N–H and O–H groups in total. The summed E-state index contributed by atoms with van der Waals surface area (Å²) in [5.41, 5.74) is -1.13. The van der Waals surface area contributed by atoms with Crippen molar-refractivity contribution in [2.75, 3.05) is 6.54 Å². The van der Waals surface area contributed by atoms with Crippen LogP contribution in [-0.4, -0.2) is 32.4 Å². The van der Waals surface area contributed by atoms with E-state index in [-0.39, 0.29) is 0 Å². The van der Waals surface area contributed by atoms with E-state index in [1.807, 2.05) is 13.8 Å². The summed E-state index contributed by atoms with van der Waals surface area (Å²) in [7, 11) is 0. The molecule has 6 heteroatoms. The fourth-order valence-corrected chi connectivity index (χ4v) is 2.35. The summed E-state index contributed by atoms with van der Waals surface area (Å²) in [6.07, 6.45) is 0.0981. The summed E-state index contributed by atoms with van der Waals surface area (Å²) in [4.78, 5) is 11.7. The first-order valence-corrected chi connectivity index (χ1v) is 6.32. The molecule has 1 aliphatic heterocycles. The van der Waals surface area contributed by atoms with Crippen LogP contribution >= 0.6 is 0 Å². The van der Waals surface area contributed by atoms with E-state index < -0.39 is 28.6 Å². The molecule has 0 aromatic carbocycles. The Labute approximate surface area is 98.9 Å². The fraction of sp³-hybridized carbons (Fsp3) is 0.900. The van der Waals surface area contributed by atoms with Crippen molar-refractivity contribution in [1.29, 1.82) is 0 Å². The van der Waals surface area contributed by atoms with Gasteiger partial charge in [-0.05, 0) is 34.1 Å². The Morgan fingerprint density at radius 2 is 2.12 bits per heavy atom. The van der Waals surface area contributed by atoms with Crippen LogP contribution in [0.4, 0.5) is 4.79 Å². The van der Waals surface area contributed by atoms with Crippen LogP contribution in [-0.2, 0) is 20.2 Å². The first-order valence-electron chi connectivity index (χ1n) is 5.29. The van der Waals surface area contributed by atoms with Gasteiger partial charge in [-0.2, -0.15) is 0 Å². The molecule has 1 saturated heterocycles. The van der Waals surface area contributed by atoms with E-state index in [1.54, 1.807) is 20.8 Å². The Hall–Kier alpha value is -0.620. The number of carbonyl (C=O) groups excluding carboxylic acids is 1. The second-order valence-corrected chi connectivity index (χ2v) is 6.16. The Balaban J connectivity index is 2.69. The molecule has 1 aliphatic rings. The molecular formula is C10H19NO4S. The van der Waals surface area contributed by atoms with Gasteiger partial charge in [0.2, 0.25) is 0 Å². The van der Waals surface area contributed by atoms with Crippen molar-refractivity contribution in [3.05, 3.63) is 0 Å². The van der Waals surface area contributed by atoms with Gasteiger partial charge in [0, 0.05) is 0 Å². The van der Waals surface area contributed by atoms with Gasteiger partial charge in [-0.25, -0.2) is 13.3 Å². The van der Waals surface area contributed by atoms with E-state index in [0.717, 1.165) is 4.31 Å². The van der Waals surface area contributed by atoms with Crippen LogP contribution in [0.15, 0.2) is 0 Å². The molecule has 16 heavy (non-hydrogen) atoms. The molecule has 94 valence electrons. The van der Waals surface area contributed by atoms with Crippen molar-refractivity contribution < 1.29 is 17.9 Å². The highest BCUT2D eigenvalue weighted by molar-refractivity contribution is 7.78. The van der Waals surface area contributed by atoms with Gasteiger partial charge < -0.3 is 4.74 Å². The maximum absolute atomic E-state index is 11.7. The second kappa shape index (κ2) is 4.33. The Kier molecular flexibility index (Phi) is 3.64. The monoisotopic (exact) mass is 249 g/mol. The van der Waals surface area contributed by atoms with E-state index in [9.17, 15) is 9.00 Å². The number of amides is 1. The second-order valence-electron chi connectivity index (χ2n) is 5.12. The van der Waals surface area contributed by atoms with Gasteiger partial charge in [0.05, 0.1) is 6.54 Å². The molecule has 1 amide bonds. The van der Waals surface area contributed by atoms with Gasteiger partial charge >= 0.3 is 6.09 Å². The quantitative estimate of drug-likeness (QED) is 0.713. The van der Waals surface area contributed by atoms with Gasteiger partial charge in [0.1, 0.15) is 11.2 Å². The van der Waals surface area contributed by atoms with Gasteiger partial charge in [0.15, 0.2) is 0 Å². The van der Waals surface area contributed by atoms with Gasteiger partial charge in [-0.3, -0.25) is 4.18 Å². The van der Waals surface area contributed by atoms with Crippen LogP contribution in [0.3, 0.4) is 0 Å². The third-order valence-electron chi connectivity index (χ3n) is 2.28. The van der Waals surface area contributed by atoms with E-state index >= 15 is 0 Å². The lowest BCUT2D eigenvalue weighted by atomic mass is 10.0. The number of hydrogen-bond donors (Lipinski definition) is 0. The van der Waals surface area contributed by atoms with Crippen molar-refractivity contribution in [3.8, 4) is 0 Å². The van der Waals surface area contributed by atoms with Crippen LogP contribution in [0.1, 0.15) is 41.0 Å². The zero-order valence-electron chi connectivity index (χ0n) is 10.4. The number of ether oxygens (including phenoxy) is 1. The minimum Gasteiger partial charge on any atom is -0.443 e. The minimum atomic E-state index is -1.74. The van der Waals surface area contributed by atoms with Crippen molar-refractivity contribution >= 4 is 17.4 Å². The highest BCUT2D eigenvalue weighted by atomic mass is 32.2. The molecule has 2 unspecified atom stereocenters. The molecule has 0 radical (unpaired) electrons. The lowest BCUT2D eigenvalue weighted by Gasteiger charge is -2.23. The first-order chi connectivity index (χ1) is 7.17. The summed E-state index contributed by atoms with van der Waals surface area (Å²) in [6, 6.07) is 0. The predicted octanol–water partition coefficient (Wildman–Crippen LogP) is 2.00. The Bertz CT molecular complexity index is 312. The smallest absolute Gasteiger partial charge is 0.424 e. The highest BCUT2D eigenvalue weighted by Gasteiger charge is 2.43. The average molecular weight is 249 g/mol. The Morgan fingerprint density at radius 3 is 2.50 bits per heavy atom. The zero-order chi connectivity index (χ0) is 12.6. The lowest BCUT2D eigenvalue weighted by Crippen LogP contribution is -2.38. The SMILES string of the molecule is CCC1(C)CN(C(=O)OC(C)(C)C)S(=O)O1. The summed E-state index contributed by atoms with van der Waals surface area (Å²) < 4.78 is 23.1. The molecule has 1 fully saturated rings. The van der Waals surface area contributed by atoms with Crippen LogP contribution < -0.4 is 0 Å². The normalized spacial score (nSPS) is 30.6. The number of rotatable bonds is 1. The fourth-order valence-electron chi connectivity index (χ4n) is 1.21. The number of carbonyl (C=O) groups is 1. The third-order valence-corrected chi connectivity index (χ3v) is 3.46. The summed E-state index contributed by atoms with van der Waals surface area (Å²) in [5.74, 6) is 0. The molecule has 0 bridgehead atoms. The molecular weight excluding hydrogens is 230 g/mol. The molecule has 5 nitrogen and oxygen atoms in total. The van der Waals surface area contributed by atoms with Crippen LogP contribution in [0.5, 0.6) is 0 Å². The largest absolute Gasteiger partial charge is 0.443 e. The maximum atomic E-state index is 11.7. The maximum Gasteiger partial charge on any atom is 0.424 e. The number of hydrogen-bond acceptors (Lipinski definition) is 4. The van der Waals surface area contributed by atoms with Crippen molar-refractivity contribution in [2.45, 2.75) is 52.2 Å². The lowest BCUT2D eigenvalue weighted by molar-refractivity contribution is 0.0371. The van der Waals surface area contributed by atoms with E-state index in [0.29, 0.717) is 13.0 Å². The zero-order valence-corrected chi connectivity index (χ0v) is 11.2. The van der Waals surface area contributed by atoms with Crippen LogP contribution in [0, 0.1) is 0 Å². The topological polar surface area (TPSA) is 55.8 Å². The predicted molar refractivity (Wildman–Crippen MR) is 60.9 cm³/mol. The Morgan fingerprint density at radius 1 is 1.56 bits per heavy atom. The van der Waals surface area contributed by atoms with Gasteiger partial charge in [-0.1, -0.05) is 6.92 Å². The molecule has 0 aliphatic carbocycles.